The van der Waals surface area contributed by atoms with Gasteiger partial charge in [0.15, 0.2) is 0 Å². The molecule has 0 spiro atoms. The van der Waals surface area contributed by atoms with Crippen LogP contribution in [0.2, 0.25) is 0 Å². The van der Waals surface area contributed by atoms with Gasteiger partial charge in [-0.1, -0.05) is 0 Å². The first kappa shape index (κ1) is 7.56. The summed E-state index contributed by atoms with van der Waals surface area (Å²) >= 11 is 0. The van der Waals surface area contributed by atoms with Gasteiger partial charge in [-0.15, -0.1) is 0 Å². The Kier molecular flexibility index (Phi) is 1.69. The first-order valence-corrected chi connectivity index (χ1v) is 4.66. The van der Waals surface area contributed by atoms with Crippen LogP contribution in [0.15, 0.2) is 0 Å². The summed E-state index contributed by atoms with van der Waals surface area (Å²) in [5.41, 5.74) is 0. The molecule has 1 heterocycles. The Bertz CT molecular complexity index is 156. The number of piperazine rings is 1. The molecule has 2 aliphatic rings. The maximum atomic E-state index is 2.64. The van der Waals surface area contributed by atoms with Gasteiger partial charge in [0.25, 0.3) is 0 Å². The molecule has 0 N–H and O–H groups in total. The van der Waals surface area contributed by atoms with E-state index in [1.54, 1.807) is 0 Å². The molecule has 0 aromatic carbocycles. The van der Waals surface area contributed by atoms with E-state index < -0.39 is 0 Å². The van der Waals surface area contributed by atoms with Gasteiger partial charge in [0, 0.05) is 31.2 Å². The normalized spacial score (nSPS) is 39.3. The molecule has 11 heavy (non-hydrogen) atoms. The van der Waals surface area contributed by atoms with E-state index in [0.717, 1.165) is 18.1 Å². The minimum atomic E-state index is 0.749. The van der Waals surface area contributed by atoms with Gasteiger partial charge in [-0.3, -0.25) is 4.90 Å². The molecule has 0 aromatic rings. The number of likely N-dealkylation sites (N-methyl/N-ethyl adjacent to an activating group) is 1. The molecule has 2 atom stereocenters. The van der Waals surface area contributed by atoms with Crippen molar-refractivity contribution in [2.45, 2.75) is 38.4 Å². The monoisotopic (exact) mass is 154 g/mol. The smallest absolute Gasteiger partial charge is 0.0270 e. The van der Waals surface area contributed by atoms with E-state index in [9.17, 15) is 0 Å². The Balaban J connectivity index is 1.97. The van der Waals surface area contributed by atoms with Crippen molar-refractivity contribution < 1.29 is 0 Å². The van der Waals surface area contributed by atoms with E-state index in [2.05, 4.69) is 30.7 Å². The fourth-order valence-corrected chi connectivity index (χ4v) is 2.24. The molecule has 1 aliphatic heterocycles. The molecule has 0 bridgehead atoms. The van der Waals surface area contributed by atoms with Gasteiger partial charge >= 0.3 is 0 Å². The van der Waals surface area contributed by atoms with Gasteiger partial charge in [-0.25, -0.2) is 0 Å². The van der Waals surface area contributed by atoms with E-state index >= 15 is 0 Å². The quantitative estimate of drug-likeness (QED) is 0.551. The minimum absolute atomic E-state index is 0.749. The van der Waals surface area contributed by atoms with Gasteiger partial charge in [-0.2, -0.15) is 0 Å². The van der Waals surface area contributed by atoms with E-state index in [-0.39, 0.29) is 0 Å². The standard InChI is InChI=1S/C9H18N2/c1-7(2)11-5-4-10(3)8-6-9(8)11/h7-9H,4-6H2,1-3H3. The van der Waals surface area contributed by atoms with Crippen molar-refractivity contribution in [3.8, 4) is 0 Å². The van der Waals surface area contributed by atoms with Gasteiger partial charge in [0.1, 0.15) is 0 Å². The van der Waals surface area contributed by atoms with Gasteiger partial charge in [0.2, 0.25) is 0 Å². The molecule has 2 heteroatoms. The Morgan fingerprint density at radius 2 is 1.91 bits per heavy atom. The van der Waals surface area contributed by atoms with Crippen molar-refractivity contribution in [2.75, 3.05) is 20.1 Å². The van der Waals surface area contributed by atoms with Crippen LogP contribution < -0.4 is 0 Å². The second kappa shape index (κ2) is 2.46. The molecular weight excluding hydrogens is 136 g/mol. The third-order valence-corrected chi connectivity index (χ3v) is 3.09. The van der Waals surface area contributed by atoms with Crippen molar-refractivity contribution in [3.05, 3.63) is 0 Å². The number of rotatable bonds is 1. The van der Waals surface area contributed by atoms with Crippen molar-refractivity contribution in [1.29, 1.82) is 0 Å². The Morgan fingerprint density at radius 3 is 2.55 bits per heavy atom. The molecule has 2 nitrogen and oxygen atoms in total. The predicted octanol–water partition coefficient (Wildman–Crippen LogP) is 0.783. The lowest BCUT2D eigenvalue weighted by molar-refractivity contribution is 0.121. The molecule has 1 aliphatic carbocycles. The molecule has 1 saturated heterocycles. The third kappa shape index (κ3) is 1.18. The summed E-state index contributed by atoms with van der Waals surface area (Å²) < 4.78 is 0. The molecule has 0 aromatic heterocycles. The fourth-order valence-electron chi connectivity index (χ4n) is 2.24. The zero-order chi connectivity index (χ0) is 8.01. The van der Waals surface area contributed by atoms with E-state index in [4.69, 9.17) is 0 Å². The van der Waals surface area contributed by atoms with Crippen LogP contribution in [0.25, 0.3) is 0 Å². The average Bonchev–Trinajstić information content (AvgIpc) is 2.66. The van der Waals surface area contributed by atoms with Crippen molar-refractivity contribution >= 4 is 0 Å². The third-order valence-electron chi connectivity index (χ3n) is 3.09. The van der Waals surface area contributed by atoms with Crippen molar-refractivity contribution in [2.24, 2.45) is 0 Å². The van der Waals surface area contributed by atoms with E-state index in [1.165, 1.54) is 19.5 Å². The van der Waals surface area contributed by atoms with Crippen LogP contribution in [0, 0.1) is 0 Å². The SMILES string of the molecule is CC(C)N1CCN(C)C2CC21. The lowest BCUT2D eigenvalue weighted by atomic mass is 10.2. The molecule has 0 radical (unpaired) electrons. The lowest BCUT2D eigenvalue weighted by Crippen LogP contribution is -2.47. The largest absolute Gasteiger partial charge is 0.301 e. The van der Waals surface area contributed by atoms with Crippen LogP contribution >= 0.6 is 0 Å². The van der Waals surface area contributed by atoms with Gasteiger partial charge in [0.05, 0.1) is 0 Å². The first-order chi connectivity index (χ1) is 5.20. The lowest BCUT2D eigenvalue weighted by Gasteiger charge is -2.34. The number of hydrogen-bond acceptors (Lipinski definition) is 2. The summed E-state index contributed by atoms with van der Waals surface area (Å²) in [5.74, 6) is 0. The maximum absolute atomic E-state index is 2.64. The molecular formula is C9H18N2. The molecule has 2 rings (SSSR count). The van der Waals surface area contributed by atoms with Crippen molar-refractivity contribution in [1.82, 2.24) is 9.80 Å². The first-order valence-electron chi connectivity index (χ1n) is 4.66. The van der Waals surface area contributed by atoms with Crippen molar-refractivity contribution in [3.63, 3.8) is 0 Å². The summed E-state index contributed by atoms with van der Waals surface area (Å²) in [4.78, 5) is 5.15. The molecule has 2 unspecified atom stereocenters. The molecule has 0 amide bonds. The Hall–Kier alpha value is -0.0800. The number of fused-ring (bicyclic) bond motifs is 1. The topological polar surface area (TPSA) is 6.48 Å². The average molecular weight is 154 g/mol. The van der Waals surface area contributed by atoms with Gasteiger partial charge < -0.3 is 4.90 Å². The van der Waals surface area contributed by atoms with Crippen LogP contribution in [0.5, 0.6) is 0 Å². The second-order valence-electron chi connectivity index (χ2n) is 4.18. The van der Waals surface area contributed by atoms with Crippen LogP contribution in [-0.2, 0) is 0 Å². The summed E-state index contributed by atoms with van der Waals surface area (Å²) in [6, 6.07) is 2.54. The maximum Gasteiger partial charge on any atom is 0.0270 e. The number of hydrogen-bond donors (Lipinski definition) is 0. The van der Waals surface area contributed by atoms with Crippen LogP contribution in [0.1, 0.15) is 20.3 Å². The predicted molar refractivity (Wildman–Crippen MR) is 46.7 cm³/mol. The highest BCUT2D eigenvalue weighted by Gasteiger charge is 2.47. The summed E-state index contributed by atoms with van der Waals surface area (Å²) in [7, 11) is 2.25. The summed E-state index contributed by atoms with van der Waals surface area (Å²) in [6.45, 7) is 7.15. The minimum Gasteiger partial charge on any atom is -0.301 e. The van der Waals surface area contributed by atoms with Gasteiger partial charge in [-0.05, 0) is 27.3 Å². The van der Waals surface area contributed by atoms with E-state index in [1.807, 2.05) is 0 Å². The highest BCUT2D eigenvalue weighted by Crippen LogP contribution is 2.36. The fraction of sp³-hybridized carbons (Fsp3) is 1.00. The summed E-state index contributed by atoms with van der Waals surface area (Å²) in [6.07, 6.45) is 1.41. The number of nitrogens with zero attached hydrogens (tertiary/aromatic N) is 2. The highest BCUT2D eigenvalue weighted by atomic mass is 15.4. The van der Waals surface area contributed by atoms with Crippen LogP contribution in [0.4, 0.5) is 0 Å². The van der Waals surface area contributed by atoms with Crippen LogP contribution in [-0.4, -0.2) is 48.1 Å². The summed E-state index contributed by atoms with van der Waals surface area (Å²) in [5, 5.41) is 0. The van der Waals surface area contributed by atoms with Crippen LogP contribution in [0.3, 0.4) is 0 Å². The highest BCUT2D eigenvalue weighted by molar-refractivity contribution is 5.05. The Morgan fingerprint density at radius 1 is 1.18 bits per heavy atom. The Labute approximate surface area is 69.2 Å². The zero-order valence-electron chi connectivity index (χ0n) is 7.75. The zero-order valence-corrected chi connectivity index (χ0v) is 7.75. The molecule has 2 fully saturated rings. The second-order valence-corrected chi connectivity index (χ2v) is 4.18. The van der Waals surface area contributed by atoms with E-state index in [0.29, 0.717) is 0 Å². The molecule has 1 saturated carbocycles. The molecule has 64 valence electrons.